The van der Waals surface area contributed by atoms with E-state index in [1.54, 1.807) is 0 Å². The van der Waals surface area contributed by atoms with Crippen LogP contribution in [0.4, 0.5) is 0 Å². The molecule has 1 aromatic heterocycles. The summed E-state index contributed by atoms with van der Waals surface area (Å²) in [5, 5.41) is 4.82. The maximum absolute atomic E-state index is 3.50. The molecule has 0 aliphatic heterocycles. The SMILES string of the molecule is CCn1ccc2cc(CNCc3ccccc3)ccc21. The Bertz CT molecular complexity index is 683. The van der Waals surface area contributed by atoms with Gasteiger partial charge in [-0.1, -0.05) is 36.4 Å². The Labute approximate surface area is 120 Å². The van der Waals surface area contributed by atoms with E-state index in [4.69, 9.17) is 0 Å². The van der Waals surface area contributed by atoms with Crippen molar-refractivity contribution in [1.29, 1.82) is 0 Å². The van der Waals surface area contributed by atoms with Crippen LogP contribution in [0.5, 0.6) is 0 Å². The van der Waals surface area contributed by atoms with Crippen LogP contribution in [-0.2, 0) is 19.6 Å². The monoisotopic (exact) mass is 264 g/mol. The van der Waals surface area contributed by atoms with Crippen LogP contribution in [0.15, 0.2) is 60.8 Å². The van der Waals surface area contributed by atoms with Crippen LogP contribution in [0, 0.1) is 0 Å². The highest BCUT2D eigenvalue weighted by Crippen LogP contribution is 2.17. The highest BCUT2D eigenvalue weighted by molar-refractivity contribution is 5.80. The Hall–Kier alpha value is -2.06. The molecule has 0 fully saturated rings. The molecule has 1 N–H and O–H groups in total. The van der Waals surface area contributed by atoms with Crippen molar-refractivity contribution in [3.63, 3.8) is 0 Å². The smallest absolute Gasteiger partial charge is 0.0480 e. The number of aromatic nitrogens is 1. The molecule has 0 aliphatic rings. The van der Waals surface area contributed by atoms with Gasteiger partial charge in [-0.05, 0) is 41.6 Å². The van der Waals surface area contributed by atoms with Crippen LogP contribution < -0.4 is 5.32 Å². The number of fused-ring (bicyclic) bond motifs is 1. The van der Waals surface area contributed by atoms with Crippen molar-refractivity contribution in [3.8, 4) is 0 Å². The summed E-state index contributed by atoms with van der Waals surface area (Å²) in [5.74, 6) is 0. The summed E-state index contributed by atoms with van der Waals surface area (Å²) in [5.41, 5.74) is 3.98. The third-order valence-electron chi connectivity index (χ3n) is 3.68. The van der Waals surface area contributed by atoms with E-state index in [1.165, 1.54) is 22.0 Å². The zero-order chi connectivity index (χ0) is 13.8. The van der Waals surface area contributed by atoms with Gasteiger partial charge in [-0.2, -0.15) is 0 Å². The average Bonchev–Trinajstić information content (AvgIpc) is 2.90. The van der Waals surface area contributed by atoms with Crippen molar-refractivity contribution in [2.24, 2.45) is 0 Å². The fourth-order valence-corrected chi connectivity index (χ4v) is 2.58. The van der Waals surface area contributed by atoms with Gasteiger partial charge in [-0.25, -0.2) is 0 Å². The van der Waals surface area contributed by atoms with Crippen LogP contribution in [0.2, 0.25) is 0 Å². The molecule has 2 nitrogen and oxygen atoms in total. The molecule has 0 atom stereocenters. The van der Waals surface area contributed by atoms with Gasteiger partial charge in [0.25, 0.3) is 0 Å². The third-order valence-corrected chi connectivity index (χ3v) is 3.68. The molecule has 0 saturated heterocycles. The van der Waals surface area contributed by atoms with E-state index in [0.717, 1.165) is 19.6 Å². The molecule has 2 heteroatoms. The Morgan fingerprint density at radius 3 is 2.50 bits per heavy atom. The van der Waals surface area contributed by atoms with Crippen molar-refractivity contribution in [2.45, 2.75) is 26.6 Å². The second kappa shape index (κ2) is 5.93. The molecule has 2 aromatic carbocycles. The van der Waals surface area contributed by atoms with Gasteiger partial charge in [-0.3, -0.25) is 0 Å². The topological polar surface area (TPSA) is 17.0 Å². The molecule has 0 unspecified atom stereocenters. The number of nitrogens with one attached hydrogen (secondary N) is 1. The van der Waals surface area contributed by atoms with Crippen molar-refractivity contribution in [1.82, 2.24) is 9.88 Å². The van der Waals surface area contributed by atoms with Crippen LogP contribution in [-0.4, -0.2) is 4.57 Å². The summed E-state index contributed by atoms with van der Waals surface area (Å²) in [7, 11) is 0. The second-order valence-corrected chi connectivity index (χ2v) is 5.08. The molecule has 0 radical (unpaired) electrons. The zero-order valence-electron chi connectivity index (χ0n) is 11.8. The van der Waals surface area contributed by atoms with Gasteiger partial charge in [0.1, 0.15) is 0 Å². The number of nitrogens with zero attached hydrogens (tertiary/aromatic N) is 1. The lowest BCUT2D eigenvalue weighted by Crippen LogP contribution is -2.12. The number of rotatable bonds is 5. The highest BCUT2D eigenvalue weighted by Gasteiger charge is 2.01. The van der Waals surface area contributed by atoms with E-state index in [-0.39, 0.29) is 0 Å². The molecule has 0 bridgehead atoms. The molecular weight excluding hydrogens is 244 g/mol. The summed E-state index contributed by atoms with van der Waals surface area (Å²) in [6.07, 6.45) is 2.16. The molecule has 3 rings (SSSR count). The van der Waals surface area contributed by atoms with Gasteiger partial charge in [0.05, 0.1) is 0 Å². The fraction of sp³-hybridized carbons (Fsp3) is 0.222. The maximum Gasteiger partial charge on any atom is 0.0480 e. The molecule has 20 heavy (non-hydrogen) atoms. The molecular formula is C18H20N2. The third kappa shape index (κ3) is 2.75. The van der Waals surface area contributed by atoms with Crippen LogP contribution >= 0.6 is 0 Å². The molecule has 0 aliphatic carbocycles. The number of benzene rings is 2. The first-order valence-corrected chi connectivity index (χ1v) is 7.19. The van der Waals surface area contributed by atoms with Crippen molar-refractivity contribution in [3.05, 3.63) is 71.9 Å². The van der Waals surface area contributed by atoms with Crippen molar-refractivity contribution in [2.75, 3.05) is 0 Å². The van der Waals surface area contributed by atoms with E-state index in [0.29, 0.717) is 0 Å². The Morgan fingerprint density at radius 2 is 1.70 bits per heavy atom. The van der Waals surface area contributed by atoms with Crippen molar-refractivity contribution >= 4 is 10.9 Å². The lowest BCUT2D eigenvalue weighted by Gasteiger charge is -2.06. The molecule has 102 valence electrons. The normalized spacial score (nSPS) is 11.1. The largest absolute Gasteiger partial charge is 0.348 e. The van der Waals surface area contributed by atoms with Crippen LogP contribution in [0.1, 0.15) is 18.1 Å². The number of hydrogen-bond acceptors (Lipinski definition) is 1. The second-order valence-electron chi connectivity index (χ2n) is 5.08. The zero-order valence-corrected chi connectivity index (χ0v) is 11.8. The van der Waals surface area contributed by atoms with Gasteiger partial charge < -0.3 is 9.88 Å². The number of hydrogen-bond donors (Lipinski definition) is 1. The van der Waals surface area contributed by atoms with Crippen LogP contribution in [0.25, 0.3) is 10.9 Å². The quantitative estimate of drug-likeness (QED) is 0.738. The van der Waals surface area contributed by atoms with Crippen LogP contribution in [0.3, 0.4) is 0 Å². The molecule has 0 spiro atoms. The van der Waals surface area contributed by atoms with E-state index < -0.39 is 0 Å². The summed E-state index contributed by atoms with van der Waals surface area (Å²) in [6.45, 7) is 5.01. The molecule has 0 saturated carbocycles. The first kappa shape index (κ1) is 12.9. The van der Waals surface area contributed by atoms with Gasteiger partial charge in [0.15, 0.2) is 0 Å². The summed E-state index contributed by atoms with van der Waals surface area (Å²) < 4.78 is 2.27. The van der Waals surface area contributed by atoms with E-state index in [2.05, 4.69) is 77.6 Å². The summed E-state index contributed by atoms with van der Waals surface area (Å²) >= 11 is 0. The van der Waals surface area contributed by atoms with Crippen molar-refractivity contribution < 1.29 is 0 Å². The van der Waals surface area contributed by atoms with Gasteiger partial charge in [0, 0.05) is 31.3 Å². The van der Waals surface area contributed by atoms with E-state index >= 15 is 0 Å². The first-order chi connectivity index (χ1) is 9.86. The molecule has 1 heterocycles. The minimum Gasteiger partial charge on any atom is -0.348 e. The predicted octanol–water partition coefficient (Wildman–Crippen LogP) is 3.95. The number of aryl methyl sites for hydroxylation is 1. The average molecular weight is 264 g/mol. The van der Waals surface area contributed by atoms with Gasteiger partial charge >= 0.3 is 0 Å². The van der Waals surface area contributed by atoms with Gasteiger partial charge in [-0.15, -0.1) is 0 Å². The fourth-order valence-electron chi connectivity index (χ4n) is 2.58. The highest BCUT2D eigenvalue weighted by atomic mass is 14.9. The molecule has 3 aromatic rings. The van der Waals surface area contributed by atoms with E-state index in [9.17, 15) is 0 Å². The Balaban J connectivity index is 1.66. The minimum absolute atomic E-state index is 0.905. The summed E-state index contributed by atoms with van der Waals surface area (Å²) in [6, 6.07) is 19.4. The Kier molecular flexibility index (Phi) is 3.84. The lowest BCUT2D eigenvalue weighted by atomic mass is 10.1. The minimum atomic E-state index is 0.905. The summed E-state index contributed by atoms with van der Waals surface area (Å²) in [4.78, 5) is 0. The first-order valence-electron chi connectivity index (χ1n) is 7.19. The molecule has 0 amide bonds. The standard InChI is InChI=1S/C18H20N2/c1-2-20-11-10-17-12-16(8-9-18(17)20)14-19-13-15-6-4-3-5-7-15/h3-12,19H,2,13-14H2,1H3. The van der Waals surface area contributed by atoms with E-state index in [1.807, 2.05) is 0 Å². The lowest BCUT2D eigenvalue weighted by molar-refractivity contribution is 0.694. The predicted molar refractivity (Wildman–Crippen MR) is 84.6 cm³/mol. The maximum atomic E-state index is 3.50. The Morgan fingerprint density at radius 1 is 0.900 bits per heavy atom. The van der Waals surface area contributed by atoms with Gasteiger partial charge in [0.2, 0.25) is 0 Å².